The van der Waals surface area contributed by atoms with E-state index >= 15 is 0 Å². The Morgan fingerprint density at radius 2 is 2.07 bits per heavy atom. The van der Waals surface area contributed by atoms with Crippen LogP contribution in [-0.2, 0) is 11.2 Å². The van der Waals surface area contributed by atoms with Gasteiger partial charge in [0.15, 0.2) is 0 Å². The number of carbonyl (C=O) groups excluding carboxylic acids is 1. The molecule has 1 saturated carbocycles. The van der Waals surface area contributed by atoms with Gasteiger partial charge in [0.1, 0.15) is 0 Å². The molecule has 1 atom stereocenters. The Labute approximate surface area is 182 Å². The third kappa shape index (κ3) is 4.02. The Kier molecular flexibility index (Phi) is 5.74. The fraction of sp³-hybridized carbons (Fsp3) is 0.476. The van der Waals surface area contributed by atoms with Gasteiger partial charge in [-0.15, -0.1) is 32.9 Å². The monoisotopic (exact) mass is 445 g/mol. The maximum absolute atomic E-state index is 13.1. The standard InChI is InChI=1S/C21H23N3O2S3/c25-18(13-29-21-23-22-20(26-21)14-5-2-1-3-6-14)24-10-8-16-15(9-12-28-16)19(24)17-7-4-11-27-17/h4,7,9,11-12,14,19H,1-3,5-6,8,10,13H2/t19-/m1/s1. The van der Waals surface area contributed by atoms with Gasteiger partial charge in [0.25, 0.3) is 5.22 Å². The summed E-state index contributed by atoms with van der Waals surface area (Å²) in [6.45, 7) is 0.757. The average molecular weight is 446 g/mol. The van der Waals surface area contributed by atoms with E-state index in [4.69, 9.17) is 4.42 Å². The van der Waals surface area contributed by atoms with Crippen LogP contribution in [0.4, 0.5) is 0 Å². The smallest absolute Gasteiger partial charge is 0.277 e. The number of thiophene rings is 2. The second-order valence-corrected chi connectivity index (χ2v) is 10.5. The number of hydrogen-bond acceptors (Lipinski definition) is 7. The number of hydrogen-bond donors (Lipinski definition) is 0. The highest BCUT2D eigenvalue weighted by Crippen LogP contribution is 2.40. The lowest BCUT2D eigenvalue weighted by atomic mass is 9.89. The van der Waals surface area contributed by atoms with Crippen molar-refractivity contribution in [2.24, 2.45) is 0 Å². The molecule has 152 valence electrons. The number of rotatable bonds is 5. The summed E-state index contributed by atoms with van der Waals surface area (Å²) in [4.78, 5) is 17.8. The molecule has 3 aromatic rings. The molecular formula is C21H23N3O2S3. The number of amides is 1. The molecule has 0 unspecified atom stereocenters. The van der Waals surface area contributed by atoms with E-state index in [0.717, 1.165) is 31.7 Å². The van der Waals surface area contributed by atoms with Gasteiger partial charge in [-0.05, 0) is 47.7 Å². The Morgan fingerprint density at radius 1 is 1.17 bits per heavy atom. The first-order chi connectivity index (χ1) is 14.3. The van der Waals surface area contributed by atoms with E-state index in [1.165, 1.54) is 46.3 Å². The van der Waals surface area contributed by atoms with Crippen LogP contribution in [0.25, 0.3) is 0 Å². The highest BCUT2D eigenvalue weighted by molar-refractivity contribution is 7.99. The molecule has 2 aliphatic rings. The Bertz CT molecular complexity index is 960. The van der Waals surface area contributed by atoms with Crippen molar-refractivity contribution < 1.29 is 9.21 Å². The van der Waals surface area contributed by atoms with Gasteiger partial charge in [0.2, 0.25) is 11.8 Å². The zero-order valence-corrected chi connectivity index (χ0v) is 18.5. The van der Waals surface area contributed by atoms with Gasteiger partial charge in [-0.1, -0.05) is 37.1 Å². The van der Waals surface area contributed by atoms with Crippen molar-refractivity contribution in [2.45, 2.75) is 55.7 Å². The predicted octanol–water partition coefficient (Wildman–Crippen LogP) is 5.51. The molecule has 5 nitrogen and oxygen atoms in total. The molecule has 0 radical (unpaired) electrons. The zero-order chi connectivity index (χ0) is 19.6. The molecule has 29 heavy (non-hydrogen) atoms. The Hall–Kier alpha value is -1.64. The van der Waals surface area contributed by atoms with Gasteiger partial charge in [-0.2, -0.15) is 0 Å². The van der Waals surface area contributed by atoms with Gasteiger partial charge in [-0.25, -0.2) is 0 Å². The van der Waals surface area contributed by atoms with Crippen molar-refractivity contribution in [2.75, 3.05) is 12.3 Å². The van der Waals surface area contributed by atoms with Gasteiger partial charge in [0.05, 0.1) is 11.8 Å². The molecule has 0 N–H and O–H groups in total. The SMILES string of the molecule is O=C(CSc1nnc(C2CCCCC2)o1)N1CCc2sccc2[C@@H]1c1cccs1. The molecule has 0 aromatic carbocycles. The highest BCUT2D eigenvalue weighted by atomic mass is 32.2. The summed E-state index contributed by atoms with van der Waals surface area (Å²) in [5, 5.41) is 13.2. The third-order valence-corrected chi connectivity index (χ3v) is 8.52. The van der Waals surface area contributed by atoms with Gasteiger partial charge in [0, 0.05) is 22.2 Å². The predicted molar refractivity (Wildman–Crippen MR) is 117 cm³/mol. The minimum atomic E-state index is 0.0265. The molecule has 1 amide bonds. The summed E-state index contributed by atoms with van der Waals surface area (Å²) in [5.41, 5.74) is 1.28. The molecule has 8 heteroatoms. The van der Waals surface area contributed by atoms with E-state index in [9.17, 15) is 4.79 Å². The van der Waals surface area contributed by atoms with E-state index in [0.29, 0.717) is 16.9 Å². The Morgan fingerprint density at radius 3 is 2.90 bits per heavy atom. The van der Waals surface area contributed by atoms with Gasteiger partial charge in [-0.3, -0.25) is 4.79 Å². The lowest BCUT2D eigenvalue weighted by Gasteiger charge is -2.35. The van der Waals surface area contributed by atoms with Crippen molar-refractivity contribution in [3.05, 3.63) is 50.2 Å². The summed E-state index contributed by atoms with van der Waals surface area (Å²) < 4.78 is 5.88. The molecule has 0 spiro atoms. The lowest BCUT2D eigenvalue weighted by Crippen LogP contribution is -2.40. The molecule has 1 aliphatic carbocycles. The van der Waals surface area contributed by atoms with Gasteiger partial charge < -0.3 is 9.32 Å². The third-order valence-electron chi connectivity index (χ3n) is 5.79. The number of carbonyl (C=O) groups is 1. The van der Waals surface area contributed by atoms with Crippen LogP contribution in [0.15, 0.2) is 38.6 Å². The minimum absolute atomic E-state index is 0.0265. The summed E-state index contributed by atoms with van der Waals surface area (Å²) in [6, 6.07) is 6.39. The van der Waals surface area contributed by atoms with Crippen molar-refractivity contribution in [1.82, 2.24) is 15.1 Å². The summed E-state index contributed by atoms with van der Waals surface area (Å²) >= 11 is 4.87. The first-order valence-corrected chi connectivity index (χ1v) is 12.9. The lowest BCUT2D eigenvalue weighted by molar-refractivity contribution is -0.130. The van der Waals surface area contributed by atoms with Crippen LogP contribution < -0.4 is 0 Å². The molecule has 1 fully saturated rings. The van der Waals surface area contributed by atoms with Crippen LogP contribution in [0.5, 0.6) is 0 Å². The van der Waals surface area contributed by atoms with Crippen molar-refractivity contribution in [3.63, 3.8) is 0 Å². The molecule has 0 saturated heterocycles. The quantitative estimate of drug-likeness (QED) is 0.485. The van der Waals surface area contributed by atoms with Crippen molar-refractivity contribution in [1.29, 1.82) is 0 Å². The molecule has 5 rings (SSSR count). The summed E-state index contributed by atoms with van der Waals surface area (Å²) in [7, 11) is 0. The fourth-order valence-corrected chi connectivity index (χ4v) is 6.75. The normalized spacial score (nSPS) is 20.0. The zero-order valence-electron chi connectivity index (χ0n) is 16.1. The molecule has 3 aromatic heterocycles. The second kappa shape index (κ2) is 8.62. The van der Waals surface area contributed by atoms with E-state index < -0.39 is 0 Å². The molecular weight excluding hydrogens is 422 g/mol. The molecule has 1 aliphatic heterocycles. The first-order valence-electron chi connectivity index (χ1n) is 10.1. The van der Waals surface area contributed by atoms with Crippen LogP contribution in [0, 0.1) is 0 Å². The maximum Gasteiger partial charge on any atom is 0.277 e. The number of aromatic nitrogens is 2. The molecule has 4 heterocycles. The van der Waals surface area contributed by atoms with Crippen LogP contribution in [0.2, 0.25) is 0 Å². The minimum Gasteiger partial charge on any atom is -0.416 e. The largest absolute Gasteiger partial charge is 0.416 e. The van der Waals surface area contributed by atoms with Crippen LogP contribution in [-0.4, -0.2) is 33.3 Å². The van der Waals surface area contributed by atoms with Crippen molar-refractivity contribution in [3.8, 4) is 0 Å². The van der Waals surface area contributed by atoms with E-state index in [1.807, 2.05) is 4.90 Å². The van der Waals surface area contributed by atoms with Crippen LogP contribution >= 0.6 is 34.4 Å². The number of nitrogens with zero attached hydrogens (tertiary/aromatic N) is 3. The van der Waals surface area contributed by atoms with Crippen LogP contribution in [0.3, 0.4) is 0 Å². The highest BCUT2D eigenvalue weighted by Gasteiger charge is 2.33. The van der Waals surface area contributed by atoms with E-state index in [2.05, 4.69) is 39.2 Å². The average Bonchev–Trinajstić information content (AvgIpc) is 3.53. The second-order valence-electron chi connectivity index (χ2n) is 7.58. The Balaban J connectivity index is 1.27. The van der Waals surface area contributed by atoms with E-state index in [1.54, 1.807) is 22.7 Å². The number of fused-ring (bicyclic) bond motifs is 1. The summed E-state index contributed by atoms with van der Waals surface area (Å²) in [5.74, 6) is 1.59. The number of thioether (sulfide) groups is 1. The van der Waals surface area contributed by atoms with Crippen LogP contribution in [0.1, 0.15) is 65.3 Å². The van der Waals surface area contributed by atoms with Gasteiger partial charge >= 0.3 is 0 Å². The van der Waals surface area contributed by atoms with E-state index in [-0.39, 0.29) is 11.9 Å². The summed E-state index contributed by atoms with van der Waals surface area (Å²) in [6.07, 6.45) is 6.95. The topological polar surface area (TPSA) is 59.2 Å². The maximum atomic E-state index is 13.1. The molecule has 0 bridgehead atoms. The fourth-order valence-electron chi connectivity index (χ4n) is 4.34. The first kappa shape index (κ1) is 19.3. The van der Waals surface area contributed by atoms with Crippen molar-refractivity contribution >= 4 is 40.3 Å².